The number of hydrogen-bond donors (Lipinski definition) is 0. The molecule has 2 aliphatic rings. The van der Waals surface area contributed by atoms with Crippen molar-refractivity contribution in [3.05, 3.63) is 51.3 Å². The second-order valence-electron chi connectivity index (χ2n) is 7.73. The van der Waals surface area contributed by atoms with Crippen molar-refractivity contribution >= 4 is 38.9 Å². The average molecular weight is 484 g/mol. The Labute approximate surface area is 192 Å². The summed E-state index contributed by atoms with van der Waals surface area (Å²) in [6.07, 6.45) is 5.73. The van der Waals surface area contributed by atoms with Crippen LogP contribution in [0.15, 0.2) is 29.4 Å². The molecule has 1 aliphatic carbocycles. The monoisotopic (exact) mass is 483 g/mol. The molecule has 0 N–H and O–H groups in total. The zero-order chi connectivity index (χ0) is 22.2. The van der Waals surface area contributed by atoms with Gasteiger partial charge in [-0.25, -0.2) is 13.4 Å². The number of fused-ring (bicyclic) bond motifs is 1. The van der Waals surface area contributed by atoms with Crippen LogP contribution in [-0.2, 0) is 23.0 Å². The number of hydrogen-bond acceptors (Lipinski definition) is 6. The predicted molar refractivity (Wildman–Crippen MR) is 121 cm³/mol. The van der Waals surface area contributed by atoms with Gasteiger partial charge >= 0.3 is 0 Å². The Bertz CT molecular complexity index is 1110. The summed E-state index contributed by atoms with van der Waals surface area (Å²) in [4.78, 5) is 3.97. The summed E-state index contributed by atoms with van der Waals surface area (Å²) >= 11 is 12.1. The summed E-state index contributed by atoms with van der Waals surface area (Å²) < 4.78 is 37.8. The highest BCUT2D eigenvalue weighted by Crippen LogP contribution is 2.40. The second kappa shape index (κ2) is 8.84. The highest BCUT2D eigenvalue weighted by Gasteiger charge is 2.30. The largest absolute Gasteiger partial charge is 0.493 e. The summed E-state index contributed by atoms with van der Waals surface area (Å²) in [7, 11) is -2.01. The normalized spacial score (nSPS) is 16.8. The van der Waals surface area contributed by atoms with E-state index in [1.807, 2.05) is 12.1 Å². The van der Waals surface area contributed by atoms with Gasteiger partial charge in [-0.1, -0.05) is 23.2 Å². The zero-order valence-electron chi connectivity index (χ0n) is 17.3. The first-order valence-corrected chi connectivity index (χ1v) is 12.6. The highest BCUT2D eigenvalue weighted by atomic mass is 35.5. The van der Waals surface area contributed by atoms with Gasteiger partial charge in [-0.2, -0.15) is 9.52 Å². The van der Waals surface area contributed by atoms with Crippen LogP contribution >= 0.6 is 23.2 Å². The SMILES string of the molecule is COc1ccc2c(c1OC1CCCC1)CN(S(C)(=O)=O)N=C2Cc1cc(Cl)nc(Cl)c1. The molecule has 1 aromatic heterocycles. The predicted octanol–water partition coefficient (Wildman–Crippen LogP) is 4.44. The molecule has 0 atom stereocenters. The fourth-order valence-corrected chi connectivity index (χ4v) is 5.10. The van der Waals surface area contributed by atoms with E-state index in [9.17, 15) is 8.42 Å². The number of hydrazone groups is 1. The Kier molecular flexibility index (Phi) is 6.32. The minimum atomic E-state index is -3.59. The van der Waals surface area contributed by atoms with Crippen LogP contribution in [0, 0.1) is 0 Å². The lowest BCUT2D eigenvalue weighted by molar-refractivity contribution is 0.196. The molecule has 4 rings (SSSR count). The summed E-state index contributed by atoms with van der Waals surface area (Å²) in [6, 6.07) is 7.10. The molecule has 2 aromatic rings. The van der Waals surface area contributed by atoms with Gasteiger partial charge in [0.25, 0.3) is 0 Å². The van der Waals surface area contributed by atoms with Gasteiger partial charge in [0.2, 0.25) is 10.0 Å². The lowest BCUT2D eigenvalue weighted by Gasteiger charge is -2.29. The Balaban J connectivity index is 1.80. The molecule has 1 fully saturated rings. The van der Waals surface area contributed by atoms with E-state index < -0.39 is 10.0 Å². The number of methoxy groups -OCH3 is 1. The van der Waals surface area contributed by atoms with Crippen LogP contribution in [0.5, 0.6) is 11.5 Å². The summed E-state index contributed by atoms with van der Waals surface area (Å²) in [5.41, 5.74) is 2.91. The molecule has 0 amide bonds. The highest BCUT2D eigenvalue weighted by molar-refractivity contribution is 7.88. The Hall–Kier alpha value is -2.03. The second-order valence-corrected chi connectivity index (χ2v) is 10.4. The topological polar surface area (TPSA) is 81.1 Å². The quantitative estimate of drug-likeness (QED) is 0.567. The summed E-state index contributed by atoms with van der Waals surface area (Å²) in [6.45, 7) is 0.0782. The lowest BCUT2D eigenvalue weighted by atomic mass is 9.95. The molecule has 1 aliphatic heterocycles. The van der Waals surface area contributed by atoms with Crippen LogP contribution in [0.1, 0.15) is 42.4 Å². The van der Waals surface area contributed by atoms with Crippen LogP contribution in [0.3, 0.4) is 0 Å². The molecule has 0 bridgehead atoms. The molecular weight excluding hydrogens is 461 g/mol. The maximum absolute atomic E-state index is 12.4. The van der Waals surface area contributed by atoms with Gasteiger partial charge in [-0.3, -0.25) is 0 Å². The third-order valence-corrected chi connectivity index (χ3v) is 6.81. The number of nitrogens with zero attached hydrogens (tertiary/aromatic N) is 3. The van der Waals surface area contributed by atoms with Crippen molar-refractivity contribution in [2.75, 3.05) is 13.4 Å². The van der Waals surface area contributed by atoms with Gasteiger partial charge in [0.15, 0.2) is 11.5 Å². The van der Waals surface area contributed by atoms with Crippen molar-refractivity contribution in [2.45, 2.75) is 44.8 Å². The van der Waals surface area contributed by atoms with Crippen molar-refractivity contribution in [3.8, 4) is 11.5 Å². The van der Waals surface area contributed by atoms with Crippen LogP contribution in [0.2, 0.25) is 10.3 Å². The van der Waals surface area contributed by atoms with Crippen molar-refractivity contribution in [3.63, 3.8) is 0 Å². The van der Waals surface area contributed by atoms with E-state index in [1.54, 1.807) is 19.2 Å². The summed E-state index contributed by atoms with van der Waals surface area (Å²) in [5.74, 6) is 1.16. The van der Waals surface area contributed by atoms with E-state index in [0.29, 0.717) is 23.6 Å². The van der Waals surface area contributed by atoms with E-state index in [2.05, 4.69) is 10.1 Å². The molecule has 31 heavy (non-hydrogen) atoms. The van der Waals surface area contributed by atoms with Gasteiger partial charge in [0.05, 0.1) is 31.7 Å². The number of rotatable bonds is 6. The fraction of sp³-hybridized carbons (Fsp3) is 0.429. The standard InChI is InChI=1S/C21H23Cl2N3O4S/c1-29-18-8-7-15-16(21(18)30-14-5-3-4-6-14)12-26(31(2,27)28)25-17(15)9-13-10-19(22)24-20(23)11-13/h7-8,10-11,14H,3-6,9,12H2,1-2H3. The van der Waals surface area contributed by atoms with E-state index in [1.165, 1.54) is 0 Å². The van der Waals surface area contributed by atoms with Gasteiger partial charge in [0, 0.05) is 17.5 Å². The summed E-state index contributed by atoms with van der Waals surface area (Å²) in [5, 5.41) is 4.96. The number of benzene rings is 1. The van der Waals surface area contributed by atoms with Crippen LogP contribution in [0.25, 0.3) is 0 Å². The Morgan fingerprint density at radius 2 is 1.84 bits per heavy atom. The molecule has 1 aromatic carbocycles. The Morgan fingerprint density at radius 1 is 1.16 bits per heavy atom. The molecule has 0 saturated heterocycles. The van der Waals surface area contributed by atoms with Gasteiger partial charge in [-0.15, -0.1) is 0 Å². The third kappa shape index (κ3) is 4.91. The van der Waals surface area contributed by atoms with Crippen molar-refractivity contribution < 1.29 is 17.9 Å². The van der Waals surface area contributed by atoms with Crippen LogP contribution < -0.4 is 9.47 Å². The smallest absolute Gasteiger partial charge is 0.247 e. The van der Waals surface area contributed by atoms with E-state index in [4.69, 9.17) is 32.7 Å². The fourth-order valence-electron chi connectivity index (χ4n) is 3.99. The number of aromatic nitrogens is 1. The van der Waals surface area contributed by atoms with E-state index >= 15 is 0 Å². The van der Waals surface area contributed by atoms with Gasteiger partial charge in [0.1, 0.15) is 10.3 Å². The van der Waals surface area contributed by atoms with E-state index in [0.717, 1.165) is 53.0 Å². The molecule has 0 unspecified atom stereocenters. The number of sulfonamides is 1. The minimum absolute atomic E-state index is 0.0782. The number of ether oxygens (including phenoxy) is 2. The molecule has 166 valence electrons. The maximum Gasteiger partial charge on any atom is 0.247 e. The molecule has 1 saturated carbocycles. The molecule has 0 spiro atoms. The number of pyridine rings is 1. The Morgan fingerprint density at radius 3 is 2.45 bits per heavy atom. The molecule has 10 heteroatoms. The first-order chi connectivity index (χ1) is 14.7. The number of halogens is 2. The maximum atomic E-state index is 12.4. The van der Waals surface area contributed by atoms with Crippen molar-refractivity contribution in [1.29, 1.82) is 0 Å². The van der Waals surface area contributed by atoms with Crippen molar-refractivity contribution in [2.24, 2.45) is 5.10 Å². The van der Waals surface area contributed by atoms with Crippen LogP contribution in [-0.4, -0.2) is 43.0 Å². The van der Waals surface area contributed by atoms with Gasteiger partial charge < -0.3 is 9.47 Å². The molecule has 2 heterocycles. The molecule has 7 nitrogen and oxygen atoms in total. The lowest BCUT2D eigenvalue weighted by Crippen LogP contribution is -2.32. The van der Waals surface area contributed by atoms with Crippen LogP contribution in [0.4, 0.5) is 0 Å². The zero-order valence-corrected chi connectivity index (χ0v) is 19.6. The first kappa shape index (κ1) is 22.2. The third-order valence-electron chi connectivity index (χ3n) is 5.44. The van der Waals surface area contributed by atoms with E-state index in [-0.39, 0.29) is 23.0 Å². The average Bonchev–Trinajstić information content (AvgIpc) is 3.20. The molecule has 0 radical (unpaired) electrons. The molecular formula is C21H23Cl2N3O4S. The van der Waals surface area contributed by atoms with Crippen molar-refractivity contribution in [1.82, 2.24) is 9.40 Å². The van der Waals surface area contributed by atoms with Gasteiger partial charge in [-0.05, 0) is 55.5 Å². The minimum Gasteiger partial charge on any atom is -0.493 e. The first-order valence-electron chi connectivity index (χ1n) is 9.98.